The minimum absolute atomic E-state index is 0.709. The zero-order chi connectivity index (χ0) is 16.7. The molecule has 0 amide bonds. The van der Waals surface area contributed by atoms with Gasteiger partial charge in [0.25, 0.3) is 0 Å². The Bertz CT molecular complexity index is 454. The molecule has 2 aliphatic rings. The Morgan fingerprint density at radius 2 is 2.13 bits per heavy atom. The molecular weight excluding hydrogens is 292 g/mol. The Balaban J connectivity index is 1.99. The molecular formula is C17H30N4O2. The third kappa shape index (κ3) is 5.34. The van der Waals surface area contributed by atoms with E-state index in [1.165, 1.54) is 5.57 Å². The molecule has 0 aromatic heterocycles. The lowest BCUT2D eigenvalue weighted by Gasteiger charge is -2.35. The lowest BCUT2D eigenvalue weighted by Crippen LogP contribution is -2.46. The summed E-state index contributed by atoms with van der Waals surface area (Å²) in [6, 6.07) is 0. The van der Waals surface area contributed by atoms with E-state index < -0.39 is 0 Å². The van der Waals surface area contributed by atoms with Crippen LogP contribution in [0.1, 0.15) is 19.8 Å². The van der Waals surface area contributed by atoms with E-state index in [0.717, 1.165) is 69.9 Å². The summed E-state index contributed by atoms with van der Waals surface area (Å²) in [5.74, 6) is 0. The van der Waals surface area contributed by atoms with Crippen LogP contribution in [-0.4, -0.2) is 81.1 Å². The predicted molar refractivity (Wildman–Crippen MR) is 91.7 cm³/mol. The molecule has 0 bridgehead atoms. The molecule has 2 aliphatic heterocycles. The van der Waals surface area contributed by atoms with Crippen molar-refractivity contribution in [2.45, 2.75) is 19.8 Å². The second-order valence-corrected chi connectivity index (χ2v) is 6.28. The maximum absolute atomic E-state index is 11.7. The minimum atomic E-state index is 0.709. The molecule has 0 aromatic rings. The number of carbonyl (C=O) groups excluding carboxylic acids is 1. The number of allylic oxidation sites excluding steroid dienone is 2. The van der Waals surface area contributed by atoms with Gasteiger partial charge in [0.05, 0.1) is 24.6 Å². The minimum Gasteiger partial charge on any atom is -0.377 e. The summed E-state index contributed by atoms with van der Waals surface area (Å²) >= 11 is 0. The van der Waals surface area contributed by atoms with E-state index in [4.69, 9.17) is 4.74 Å². The summed E-state index contributed by atoms with van der Waals surface area (Å²) in [7, 11) is 4.15. The number of ether oxygens (including phenoxy) is 1. The number of likely N-dealkylation sites (N-methyl/N-ethyl adjacent to an activating group) is 2. The van der Waals surface area contributed by atoms with Gasteiger partial charge >= 0.3 is 0 Å². The smallest absolute Gasteiger partial charge is 0.167 e. The molecule has 0 radical (unpaired) electrons. The molecule has 1 fully saturated rings. The topological polar surface area (TPSA) is 48.1 Å². The van der Waals surface area contributed by atoms with Gasteiger partial charge in [0, 0.05) is 39.8 Å². The maximum atomic E-state index is 11.7. The first-order chi connectivity index (χ1) is 11.1. The molecule has 6 heteroatoms. The number of hydrazine groups is 1. The van der Waals surface area contributed by atoms with Crippen LogP contribution >= 0.6 is 0 Å². The number of piperazine rings is 1. The largest absolute Gasteiger partial charge is 0.377 e. The van der Waals surface area contributed by atoms with Crippen molar-refractivity contribution in [3.05, 3.63) is 23.0 Å². The van der Waals surface area contributed by atoms with Crippen LogP contribution < -0.4 is 5.43 Å². The van der Waals surface area contributed by atoms with Crippen molar-refractivity contribution in [3.8, 4) is 0 Å². The summed E-state index contributed by atoms with van der Waals surface area (Å²) in [6.45, 7) is 8.25. The molecule has 0 saturated carbocycles. The van der Waals surface area contributed by atoms with Gasteiger partial charge in [-0.05, 0) is 19.9 Å². The Labute approximate surface area is 139 Å². The molecule has 2 heterocycles. The third-order valence-electron chi connectivity index (χ3n) is 4.44. The van der Waals surface area contributed by atoms with Crippen molar-refractivity contribution in [2.24, 2.45) is 0 Å². The zero-order valence-electron chi connectivity index (χ0n) is 14.7. The number of nitrogens with one attached hydrogen (secondary N) is 1. The molecule has 0 aliphatic carbocycles. The molecule has 130 valence electrons. The molecule has 0 atom stereocenters. The average molecular weight is 322 g/mol. The van der Waals surface area contributed by atoms with Gasteiger partial charge in [-0.15, -0.1) is 0 Å². The third-order valence-corrected chi connectivity index (χ3v) is 4.44. The highest BCUT2D eigenvalue weighted by molar-refractivity contribution is 5.73. The highest BCUT2D eigenvalue weighted by Crippen LogP contribution is 2.14. The quantitative estimate of drug-likeness (QED) is 0.324. The van der Waals surface area contributed by atoms with E-state index in [9.17, 15) is 4.79 Å². The van der Waals surface area contributed by atoms with E-state index >= 15 is 0 Å². The molecule has 23 heavy (non-hydrogen) atoms. The van der Waals surface area contributed by atoms with Crippen LogP contribution in [0.4, 0.5) is 0 Å². The van der Waals surface area contributed by atoms with Gasteiger partial charge in [0.2, 0.25) is 0 Å². The highest BCUT2D eigenvalue weighted by Gasteiger charge is 2.19. The number of aldehydes is 1. The fraction of sp³-hybridized carbons (Fsp3) is 0.706. The van der Waals surface area contributed by atoms with Gasteiger partial charge in [-0.2, -0.15) is 0 Å². The van der Waals surface area contributed by atoms with Crippen molar-refractivity contribution in [2.75, 3.05) is 60.0 Å². The second kappa shape index (κ2) is 9.05. The Morgan fingerprint density at radius 1 is 1.39 bits per heavy atom. The van der Waals surface area contributed by atoms with Crippen molar-refractivity contribution in [3.63, 3.8) is 0 Å². The van der Waals surface area contributed by atoms with Gasteiger partial charge in [-0.3, -0.25) is 4.79 Å². The van der Waals surface area contributed by atoms with Crippen molar-refractivity contribution in [1.82, 2.24) is 20.2 Å². The van der Waals surface area contributed by atoms with Crippen LogP contribution in [-0.2, 0) is 9.53 Å². The Hall–Kier alpha value is -1.37. The van der Waals surface area contributed by atoms with Crippen molar-refractivity contribution in [1.29, 1.82) is 0 Å². The Kier molecular flexibility index (Phi) is 7.08. The van der Waals surface area contributed by atoms with Gasteiger partial charge < -0.3 is 20.0 Å². The molecule has 0 spiro atoms. The molecule has 0 unspecified atom stereocenters. The first kappa shape index (κ1) is 18.0. The maximum Gasteiger partial charge on any atom is 0.167 e. The van der Waals surface area contributed by atoms with Gasteiger partial charge in [-0.25, -0.2) is 5.01 Å². The van der Waals surface area contributed by atoms with Crippen LogP contribution in [0.3, 0.4) is 0 Å². The summed E-state index contributed by atoms with van der Waals surface area (Å²) in [6.07, 6.45) is 4.94. The summed E-state index contributed by atoms with van der Waals surface area (Å²) in [4.78, 5) is 16.1. The molecule has 1 saturated heterocycles. The van der Waals surface area contributed by atoms with E-state index in [0.29, 0.717) is 6.61 Å². The average Bonchev–Trinajstić information content (AvgIpc) is 2.57. The van der Waals surface area contributed by atoms with E-state index in [2.05, 4.69) is 40.3 Å². The van der Waals surface area contributed by atoms with Gasteiger partial charge in [0.15, 0.2) is 6.29 Å². The summed E-state index contributed by atoms with van der Waals surface area (Å²) in [5.41, 5.74) is 6.60. The number of hydrogen-bond acceptors (Lipinski definition) is 6. The number of nitrogens with zero attached hydrogens (tertiary/aromatic N) is 3. The zero-order valence-corrected chi connectivity index (χ0v) is 14.7. The highest BCUT2D eigenvalue weighted by atomic mass is 16.5. The van der Waals surface area contributed by atoms with Crippen LogP contribution in [0.2, 0.25) is 0 Å². The summed E-state index contributed by atoms with van der Waals surface area (Å²) < 4.78 is 5.35. The first-order valence-corrected chi connectivity index (χ1v) is 8.49. The lowest BCUT2D eigenvalue weighted by molar-refractivity contribution is -0.106. The monoisotopic (exact) mass is 322 g/mol. The molecule has 6 nitrogen and oxygen atoms in total. The first-order valence-electron chi connectivity index (χ1n) is 8.49. The number of carbonyl (C=O) groups is 1. The fourth-order valence-corrected chi connectivity index (χ4v) is 2.98. The Morgan fingerprint density at radius 3 is 2.70 bits per heavy atom. The van der Waals surface area contributed by atoms with Crippen LogP contribution in [0.5, 0.6) is 0 Å². The molecule has 2 rings (SSSR count). The standard InChI is InChI=1S/C17H30N4O2/c1-4-16(17(14-22)21-9-7-19(2)8-10-21)18-20(3)13-15-5-11-23-12-6-15/h5,14,18H,4,6-13H2,1-3H3/b17-16+. The molecule has 0 aromatic carbocycles. The van der Waals surface area contributed by atoms with Crippen molar-refractivity contribution < 1.29 is 9.53 Å². The van der Waals surface area contributed by atoms with Crippen LogP contribution in [0, 0.1) is 0 Å². The number of rotatable bonds is 7. The van der Waals surface area contributed by atoms with Gasteiger partial charge in [-0.1, -0.05) is 18.6 Å². The van der Waals surface area contributed by atoms with Crippen LogP contribution in [0.15, 0.2) is 23.0 Å². The SMILES string of the molecule is CC/C(NN(C)CC1=CCOCC1)=C(/C=O)N1CCN(C)CC1. The summed E-state index contributed by atoms with van der Waals surface area (Å²) in [5, 5.41) is 2.07. The van der Waals surface area contributed by atoms with E-state index in [1.807, 2.05) is 7.05 Å². The normalized spacial score (nSPS) is 21.0. The van der Waals surface area contributed by atoms with Crippen molar-refractivity contribution >= 4 is 6.29 Å². The van der Waals surface area contributed by atoms with Gasteiger partial charge in [0.1, 0.15) is 0 Å². The predicted octanol–water partition coefficient (Wildman–Crippen LogP) is 0.837. The van der Waals surface area contributed by atoms with E-state index in [-0.39, 0.29) is 0 Å². The second-order valence-electron chi connectivity index (χ2n) is 6.28. The lowest BCUT2D eigenvalue weighted by atomic mass is 10.1. The molecule has 1 N–H and O–H groups in total. The van der Waals surface area contributed by atoms with E-state index in [1.54, 1.807) is 0 Å². The number of hydrogen-bond donors (Lipinski definition) is 1. The fourth-order valence-electron chi connectivity index (χ4n) is 2.98. The van der Waals surface area contributed by atoms with Crippen LogP contribution in [0.25, 0.3) is 0 Å².